The molecule has 6 aromatic carbocycles. The van der Waals surface area contributed by atoms with Crippen molar-refractivity contribution in [2.24, 2.45) is 0 Å². The Kier molecular flexibility index (Phi) is 6.55. The smallest absolute Gasteiger partial charge is 0.195 e. The molecule has 0 N–H and O–H groups in total. The van der Waals surface area contributed by atoms with E-state index in [1.807, 2.05) is 36.4 Å². The number of fused-ring (bicyclic) bond motifs is 4. The second kappa shape index (κ2) is 10.5. The molecule has 0 radical (unpaired) electrons. The minimum absolute atomic E-state index is 0.0648. The van der Waals surface area contributed by atoms with E-state index in [-0.39, 0.29) is 11.6 Å². The van der Waals surface area contributed by atoms with Gasteiger partial charge in [-0.25, -0.2) is 0 Å². The number of ketones is 2. The second-order valence-electron chi connectivity index (χ2n) is 11.2. The zero-order valence-corrected chi connectivity index (χ0v) is 24.0. The summed E-state index contributed by atoms with van der Waals surface area (Å²) in [5.74, 6) is -0.130. The van der Waals surface area contributed by atoms with E-state index in [0.717, 1.165) is 69.5 Å². The molecular formula is C40H32O2. The molecule has 0 aromatic heterocycles. The summed E-state index contributed by atoms with van der Waals surface area (Å²) in [7, 11) is 0. The van der Waals surface area contributed by atoms with Crippen LogP contribution in [-0.2, 0) is 12.8 Å². The van der Waals surface area contributed by atoms with Crippen LogP contribution >= 0.6 is 0 Å². The fraction of sp³-hybridized carbons (Fsp3) is 0.150. The summed E-state index contributed by atoms with van der Waals surface area (Å²) < 4.78 is 0. The average molecular weight is 545 g/mol. The highest BCUT2D eigenvalue weighted by Gasteiger charge is 2.38. The van der Waals surface area contributed by atoms with Crippen molar-refractivity contribution in [3.63, 3.8) is 0 Å². The summed E-state index contributed by atoms with van der Waals surface area (Å²) in [6.45, 7) is 4.39. The Balaban J connectivity index is 1.73. The Hall–Kier alpha value is -4.82. The standard InChI is InChI=1S/C40H32O2/c1-3-13-29-30(14-4-2)36(32-24-12-18-26-16-6-8-20-28(26)32)38-37(39(41)33-21-9-10-22-34(33)40(38)42)35(29)31-23-11-17-25-15-5-7-19-27(25)31/h5-12,15-24H,3-4,13-14H2,1-2H3. The van der Waals surface area contributed by atoms with Gasteiger partial charge < -0.3 is 0 Å². The number of carbonyl (C=O) groups excluding carboxylic acids is 2. The second-order valence-corrected chi connectivity index (χ2v) is 11.2. The minimum atomic E-state index is -0.0648. The van der Waals surface area contributed by atoms with Crippen molar-refractivity contribution in [2.45, 2.75) is 39.5 Å². The summed E-state index contributed by atoms with van der Waals surface area (Å²) in [6, 6.07) is 36.7. The van der Waals surface area contributed by atoms with Crippen molar-refractivity contribution in [3.05, 3.63) is 143 Å². The van der Waals surface area contributed by atoms with Gasteiger partial charge in [0.05, 0.1) is 0 Å². The quantitative estimate of drug-likeness (QED) is 0.209. The van der Waals surface area contributed by atoms with Crippen molar-refractivity contribution in [2.75, 3.05) is 0 Å². The van der Waals surface area contributed by atoms with Crippen LogP contribution in [0, 0.1) is 0 Å². The highest BCUT2D eigenvalue weighted by molar-refractivity contribution is 6.33. The number of hydrogen-bond donors (Lipinski definition) is 0. The summed E-state index contributed by atoms with van der Waals surface area (Å²) in [4.78, 5) is 29.4. The predicted molar refractivity (Wildman–Crippen MR) is 174 cm³/mol. The molecule has 1 aliphatic rings. The van der Waals surface area contributed by atoms with Gasteiger partial charge in [0.1, 0.15) is 0 Å². The van der Waals surface area contributed by atoms with Crippen molar-refractivity contribution in [3.8, 4) is 22.3 Å². The third-order valence-corrected chi connectivity index (χ3v) is 8.71. The van der Waals surface area contributed by atoms with Gasteiger partial charge in [0.25, 0.3) is 0 Å². The maximum absolute atomic E-state index is 14.7. The normalized spacial score (nSPS) is 12.5. The number of rotatable bonds is 6. The molecule has 0 aliphatic heterocycles. The molecule has 1 aliphatic carbocycles. The monoisotopic (exact) mass is 544 g/mol. The van der Waals surface area contributed by atoms with Crippen LogP contribution < -0.4 is 0 Å². The molecule has 0 atom stereocenters. The summed E-state index contributed by atoms with van der Waals surface area (Å²) in [5.41, 5.74) is 8.40. The van der Waals surface area contributed by atoms with Gasteiger partial charge in [-0.05, 0) is 67.8 Å². The van der Waals surface area contributed by atoms with Crippen LogP contribution in [0.3, 0.4) is 0 Å². The van der Waals surface area contributed by atoms with Gasteiger partial charge in [-0.15, -0.1) is 0 Å². The van der Waals surface area contributed by atoms with Crippen LogP contribution in [0.5, 0.6) is 0 Å². The minimum Gasteiger partial charge on any atom is -0.289 e. The molecule has 42 heavy (non-hydrogen) atoms. The van der Waals surface area contributed by atoms with Crippen molar-refractivity contribution in [1.29, 1.82) is 0 Å². The molecule has 6 aromatic rings. The molecule has 0 bridgehead atoms. The van der Waals surface area contributed by atoms with E-state index in [9.17, 15) is 9.59 Å². The molecule has 0 amide bonds. The Morgan fingerprint density at radius 1 is 0.405 bits per heavy atom. The molecule has 0 spiro atoms. The van der Waals surface area contributed by atoms with Crippen molar-refractivity contribution < 1.29 is 9.59 Å². The van der Waals surface area contributed by atoms with E-state index >= 15 is 0 Å². The lowest BCUT2D eigenvalue weighted by atomic mass is 9.71. The molecule has 2 nitrogen and oxygen atoms in total. The molecule has 0 saturated heterocycles. The van der Waals surface area contributed by atoms with Gasteiger partial charge in [-0.3, -0.25) is 9.59 Å². The molecule has 0 unspecified atom stereocenters. The van der Waals surface area contributed by atoms with Gasteiger partial charge in [0.2, 0.25) is 0 Å². The number of benzene rings is 6. The van der Waals surface area contributed by atoms with Crippen molar-refractivity contribution >= 4 is 33.1 Å². The molecular weight excluding hydrogens is 512 g/mol. The largest absolute Gasteiger partial charge is 0.289 e. The fourth-order valence-electron chi connectivity index (χ4n) is 6.99. The Morgan fingerprint density at radius 3 is 1.19 bits per heavy atom. The van der Waals surface area contributed by atoms with Crippen LogP contribution in [0.25, 0.3) is 43.8 Å². The van der Waals surface area contributed by atoms with Gasteiger partial charge >= 0.3 is 0 Å². The average Bonchev–Trinajstić information content (AvgIpc) is 3.03. The first-order valence-electron chi connectivity index (χ1n) is 15.0. The molecule has 0 heterocycles. The van der Waals surface area contributed by atoms with E-state index in [4.69, 9.17) is 0 Å². The summed E-state index contributed by atoms with van der Waals surface area (Å²) in [5, 5.41) is 4.44. The zero-order valence-electron chi connectivity index (χ0n) is 24.0. The third kappa shape index (κ3) is 3.94. The number of hydrogen-bond acceptors (Lipinski definition) is 2. The molecule has 2 heteroatoms. The SMILES string of the molecule is CCCc1c(CCC)c(-c2cccc3ccccc23)c2c(c1-c1cccc3ccccc13)C(=O)c1ccccc1C2=O. The zero-order chi connectivity index (χ0) is 28.8. The van der Waals surface area contributed by atoms with Gasteiger partial charge in [-0.1, -0.05) is 136 Å². The highest BCUT2D eigenvalue weighted by atomic mass is 16.1. The number of carbonyl (C=O) groups is 2. The van der Waals surface area contributed by atoms with Crippen LogP contribution in [0.1, 0.15) is 69.7 Å². The first-order chi connectivity index (χ1) is 20.6. The first kappa shape index (κ1) is 26.1. The van der Waals surface area contributed by atoms with E-state index in [1.54, 1.807) is 0 Å². The fourth-order valence-corrected chi connectivity index (χ4v) is 6.99. The maximum Gasteiger partial charge on any atom is 0.195 e. The summed E-state index contributed by atoms with van der Waals surface area (Å²) >= 11 is 0. The maximum atomic E-state index is 14.7. The molecule has 0 fully saturated rings. The lowest BCUT2D eigenvalue weighted by Crippen LogP contribution is -2.25. The first-order valence-corrected chi connectivity index (χ1v) is 15.0. The van der Waals surface area contributed by atoms with E-state index in [0.29, 0.717) is 22.3 Å². The van der Waals surface area contributed by atoms with Gasteiger partial charge in [-0.2, -0.15) is 0 Å². The van der Waals surface area contributed by atoms with Crippen LogP contribution in [0.4, 0.5) is 0 Å². The predicted octanol–water partition coefficient (Wildman–Crippen LogP) is 10.0. The molecule has 7 rings (SSSR count). The lowest BCUT2D eigenvalue weighted by Gasteiger charge is -2.30. The Morgan fingerprint density at radius 2 is 0.762 bits per heavy atom. The van der Waals surface area contributed by atoms with Gasteiger partial charge in [0.15, 0.2) is 11.6 Å². The molecule has 204 valence electrons. The Labute approximate surface area is 246 Å². The van der Waals surface area contributed by atoms with E-state index in [1.165, 1.54) is 11.1 Å². The van der Waals surface area contributed by atoms with E-state index < -0.39 is 0 Å². The summed E-state index contributed by atoms with van der Waals surface area (Å²) in [6.07, 6.45) is 3.51. The Bertz CT molecular complexity index is 1890. The molecule has 0 saturated carbocycles. The van der Waals surface area contributed by atoms with Crippen LogP contribution in [-0.4, -0.2) is 11.6 Å². The lowest BCUT2D eigenvalue weighted by molar-refractivity contribution is 0.0980. The van der Waals surface area contributed by atoms with Crippen LogP contribution in [0.2, 0.25) is 0 Å². The topological polar surface area (TPSA) is 34.1 Å². The van der Waals surface area contributed by atoms with Crippen molar-refractivity contribution in [1.82, 2.24) is 0 Å². The van der Waals surface area contributed by atoms with E-state index in [2.05, 4.69) is 86.6 Å². The highest BCUT2D eigenvalue weighted by Crippen LogP contribution is 2.48. The third-order valence-electron chi connectivity index (χ3n) is 8.71. The van der Waals surface area contributed by atoms with Crippen LogP contribution in [0.15, 0.2) is 109 Å². The van der Waals surface area contributed by atoms with Gasteiger partial charge in [0, 0.05) is 22.3 Å².